The minimum Gasteiger partial charge on any atom is -0.340 e. The van der Waals surface area contributed by atoms with E-state index in [4.69, 9.17) is 5.73 Å². The normalized spacial score (nSPS) is 17.8. The molecule has 0 saturated heterocycles. The number of hydrogen-bond acceptors (Lipinski definition) is 2. The van der Waals surface area contributed by atoms with E-state index in [1.165, 1.54) is 12.1 Å². The SMILES string of the molecule is NC1(c2ncc(-c3ccc(F)cc3F)[nH]2)CCCC1. The van der Waals surface area contributed by atoms with E-state index in [1.807, 2.05) is 0 Å². The van der Waals surface area contributed by atoms with Crippen molar-refractivity contribution in [3.8, 4) is 11.3 Å². The summed E-state index contributed by atoms with van der Waals surface area (Å²) >= 11 is 0. The van der Waals surface area contributed by atoms with Crippen LogP contribution in [-0.4, -0.2) is 9.97 Å². The average Bonchev–Trinajstić information content (AvgIpc) is 2.99. The number of nitrogens with one attached hydrogen (secondary N) is 1. The smallest absolute Gasteiger partial charge is 0.135 e. The standard InChI is InChI=1S/C14H15F2N3/c15-9-3-4-10(11(16)7-9)12-8-18-13(19-12)14(17)5-1-2-6-14/h3-4,7-8H,1-2,5-6,17H2,(H,18,19). The maximum atomic E-state index is 13.7. The van der Waals surface area contributed by atoms with Crippen molar-refractivity contribution in [3.05, 3.63) is 41.9 Å². The van der Waals surface area contributed by atoms with Crippen molar-refractivity contribution >= 4 is 0 Å². The largest absolute Gasteiger partial charge is 0.340 e. The molecule has 3 rings (SSSR count). The topological polar surface area (TPSA) is 54.7 Å². The van der Waals surface area contributed by atoms with Crippen LogP contribution in [0.5, 0.6) is 0 Å². The number of H-pyrrole nitrogens is 1. The van der Waals surface area contributed by atoms with E-state index in [0.717, 1.165) is 31.7 Å². The molecule has 0 radical (unpaired) electrons. The van der Waals surface area contributed by atoms with Gasteiger partial charge in [0.2, 0.25) is 0 Å². The second-order valence-electron chi connectivity index (χ2n) is 5.13. The first-order valence-corrected chi connectivity index (χ1v) is 6.38. The molecule has 0 bridgehead atoms. The van der Waals surface area contributed by atoms with Crippen LogP contribution in [0, 0.1) is 11.6 Å². The third-order valence-electron chi connectivity index (χ3n) is 3.76. The van der Waals surface area contributed by atoms with Gasteiger partial charge in [-0.2, -0.15) is 0 Å². The average molecular weight is 263 g/mol. The summed E-state index contributed by atoms with van der Waals surface area (Å²) < 4.78 is 26.6. The van der Waals surface area contributed by atoms with Gasteiger partial charge in [0.1, 0.15) is 17.5 Å². The monoisotopic (exact) mass is 263 g/mol. The highest BCUT2D eigenvalue weighted by Crippen LogP contribution is 2.35. The number of aromatic amines is 1. The first-order chi connectivity index (χ1) is 9.08. The predicted molar refractivity (Wildman–Crippen MR) is 68.3 cm³/mol. The number of imidazole rings is 1. The summed E-state index contributed by atoms with van der Waals surface area (Å²) in [6, 6.07) is 3.50. The lowest BCUT2D eigenvalue weighted by Gasteiger charge is -2.20. The van der Waals surface area contributed by atoms with Crippen LogP contribution in [0.1, 0.15) is 31.5 Å². The van der Waals surface area contributed by atoms with Crippen LogP contribution in [0.4, 0.5) is 8.78 Å². The van der Waals surface area contributed by atoms with E-state index in [9.17, 15) is 8.78 Å². The van der Waals surface area contributed by atoms with E-state index in [0.29, 0.717) is 17.1 Å². The highest BCUT2D eigenvalue weighted by atomic mass is 19.1. The molecule has 1 saturated carbocycles. The van der Waals surface area contributed by atoms with Crippen molar-refractivity contribution in [2.24, 2.45) is 5.73 Å². The molecule has 1 aromatic heterocycles. The fourth-order valence-electron chi connectivity index (χ4n) is 2.66. The zero-order valence-corrected chi connectivity index (χ0v) is 10.4. The van der Waals surface area contributed by atoms with Crippen LogP contribution in [0.25, 0.3) is 11.3 Å². The van der Waals surface area contributed by atoms with Gasteiger partial charge >= 0.3 is 0 Å². The van der Waals surface area contributed by atoms with Gasteiger partial charge in [-0.15, -0.1) is 0 Å². The maximum absolute atomic E-state index is 13.7. The van der Waals surface area contributed by atoms with E-state index in [2.05, 4.69) is 9.97 Å². The summed E-state index contributed by atoms with van der Waals surface area (Å²) in [5.41, 5.74) is 6.69. The minimum absolute atomic E-state index is 0.307. The Morgan fingerprint density at radius 1 is 1.21 bits per heavy atom. The van der Waals surface area contributed by atoms with Crippen LogP contribution in [0.3, 0.4) is 0 Å². The molecule has 0 amide bonds. The van der Waals surface area contributed by atoms with Crippen LogP contribution in [0.15, 0.2) is 24.4 Å². The molecule has 19 heavy (non-hydrogen) atoms. The molecule has 0 spiro atoms. The lowest BCUT2D eigenvalue weighted by atomic mass is 9.99. The molecule has 0 aliphatic heterocycles. The Bertz CT molecular complexity index is 600. The van der Waals surface area contributed by atoms with Gasteiger partial charge in [0.25, 0.3) is 0 Å². The van der Waals surface area contributed by atoms with Gasteiger partial charge in [-0.25, -0.2) is 13.8 Å². The Morgan fingerprint density at radius 3 is 2.63 bits per heavy atom. The highest BCUT2D eigenvalue weighted by molar-refractivity contribution is 5.59. The fraction of sp³-hybridized carbons (Fsp3) is 0.357. The molecule has 1 aromatic carbocycles. The Morgan fingerprint density at radius 2 is 1.95 bits per heavy atom. The molecule has 2 aromatic rings. The molecule has 0 atom stereocenters. The molecule has 1 aliphatic rings. The number of hydrogen-bond donors (Lipinski definition) is 2. The van der Waals surface area contributed by atoms with Gasteiger partial charge in [-0.1, -0.05) is 12.8 Å². The summed E-state index contributed by atoms with van der Waals surface area (Å²) in [7, 11) is 0. The Balaban J connectivity index is 1.97. The first kappa shape index (κ1) is 12.3. The molecule has 3 N–H and O–H groups in total. The molecule has 3 nitrogen and oxygen atoms in total. The second-order valence-corrected chi connectivity index (χ2v) is 5.13. The molecule has 5 heteroatoms. The zero-order valence-electron chi connectivity index (χ0n) is 10.4. The molecule has 1 heterocycles. The maximum Gasteiger partial charge on any atom is 0.135 e. The fourth-order valence-corrected chi connectivity index (χ4v) is 2.66. The molecular formula is C14H15F2N3. The van der Waals surface area contributed by atoms with Gasteiger partial charge in [0.15, 0.2) is 0 Å². The second kappa shape index (κ2) is 4.42. The quantitative estimate of drug-likeness (QED) is 0.874. The summed E-state index contributed by atoms with van der Waals surface area (Å²) in [5, 5.41) is 0. The number of aromatic nitrogens is 2. The molecule has 1 fully saturated rings. The van der Waals surface area contributed by atoms with Gasteiger partial charge in [-0.05, 0) is 25.0 Å². The van der Waals surface area contributed by atoms with Gasteiger partial charge in [-0.3, -0.25) is 0 Å². The van der Waals surface area contributed by atoms with Crippen molar-refractivity contribution in [2.45, 2.75) is 31.2 Å². The Kier molecular flexibility index (Phi) is 2.86. The third kappa shape index (κ3) is 2.14. The predicted octanol–water partition coefficient (Wildman–Crippen LogP) is 3.08. The molecule has 0 unspecified atom stereocenters. The van der Waals surface area contributed by atoms with E-state index in [1.54, 1.807) is 6.20 Å². The van der Waals surface area contributed by atoms with E-state index < -0.39 is 17.2 Å². The van der Waals surface area contributed by atoms with Gasteiger partial charge < -0.3 is 10.7 Å². The Hall–Kier alpha value is -1.75. The third-order valence-corrected chi connectivity index (χ3v) is 3.76. The number of benzene rings is 1. The summed E-state index contributed by atoms with van der Waals surface area (Å²) in [6.45, 7) is 0. The Labute approximate surface area is 109 Å². The van der Waals surface area contributed by atoms with Crippen LogP contribution < -0.4 is 5.73 Å². The van der Waals surface area contributed by atoms with Crippen molar-refractivity contribution < 1.29 is 8.78 Å². The zero-order chi connectivity index (χ0) is 13.5. The highest BCUT2D eigenvalue weighted by Gasteiger charge is 2.34. The lowest BCUT2D eigenvalue weighted by Crippen LogP contribution is -2.34. The van der Waals surface area contributed by atoms with Crippen LogP contribution in [0.2, 0.25) is 0 Å². The van der Waals surface area contributed by atoms with Crippen molar-refractivity contribution in [1.29, 1.82) is 0 Å². The number of rotatable bonds is 2. The summed E-state index contributed by atoms with van der Waals surface area (Å²) in [6.07, 6.45) is 5.48. The summed E-state index contributed by atoms with van der Waals surface area (Å²) in [5.74, 6) is -0.511. The lowest BCUT2D eigenvalue weighted by molar-refractivity contribution is 0.436. The van der Waals surface area contributed by atoms with E-state index >= 15 is 0 Å². The number of nitrogens with zero attached hydrogens (tertiary/aromatic N) is 1. The van der Waals surface area contributed by atoms with Crippen molar-refractivity contribution in [3.63, 3.8) is 0 Å². The number of nitrogens with two attached hydrogens (primary N) is 1. The minimum atomic E-state index is -0.604. The molecule has 1 aliphatic carbocycles. The molecule has 100 valence electrons. The molecular weight excluding hydrogens is 248 g/mol. The van der Waals surface area contributed by atoms with Gasteiger partial charge in [0.05, 0.1) is 17.4 Å². The summed E-state index contributed by atoms with van der Waals surface area (Å²) in [4.78, 5) is 7.34. The van der Waals surface area contributed by atoms with Crippen molar-refractivity contribution in [2.75, 3.05) is 0 Å². The van der Waals surface area contributed by atoms with Crippen LogP contribution >= 0.6 is 0 Å². The first-order valence-electron chi connectivity index (χ1n) is 6.38. The van der Waals surface area contributed by atoms with Crippen molar-refractivity contribution in [1.82, 2.24) is 9.97 Å². The van der Waals surface area contributed by atoms with Crippen LogP contribution in [-0.2, 0) is 5.54 Å². The van der Waals surface area contributed by atoms with Gasteiger partial charge in [0, 0.05) is 11.6 Å². The number of halogens is 2. The van der Waals surface area contributed by atoms with E-state index in [-0.39, 0.29) is 0 Å².